The first-order chi connectivity index (χ1) is 11.1. The normalized spacial score (nSPS) is 10.4. The highest BCUT2D eigenvalue weighted by Crippen LogP contribution is 2.12. The van der Waals surface area contributed by atoms with Crippen molar-refractivity contribution in [2.75, 3.05) is 45.2 Å². The Hall–Kier alpha value is -1.92. The number of anilines is 1. The molecule has 0 aliphatic heterocycles. The van der Waals surface area contributed by atoms with Gasteiger partial charge in [0.1, 0.15) is 0 Å². The number of rotatable bonds is 10. The van der Waals surface area contributed by atoms with Crippen LogP contribution < -0.4 is 10.6 Å². The van der Waals surface area contributed by atoms with Crippen LogP contribution in [0.15, 0.2) is 24.3 Å². The van der Waals surface area contributed by atoms with Crippen LogP contribution in [0, 0.1) is 0 Å². The van der Waals surface area contributed by atoms with Crippen molar-refractivity contribution in [2.24, 2.45) is 0 Å². The Morgan fingerprint density at radius 1 is 1.22 bits per heavy atom. The van der Waals surface area contributed by atoms with Crippen LogP contribution in [0.1, 0.15) is 30.6 Å². The quantitative estimate of drug-likeness (QED) is 0.644. The Balaban J connectivity index is 2.53. The van der Waals surface area contributed by atoms with E-state index in [-0.39, 0.29) is 18.4 Å². The Bertz CT molecular complexity index is 502. The van der Waals surface area contributed by atoms with Gasteiger partial charge in [0.15, 0.2) is 0 Å². The summed E-state index contributed by atoms with van der Waals surface area (Å²) in [6.07, 6.45) is 0.859. The minimum absolute atomic E-state index is 0.0243. The average molecular weight is 321 g/mol. The summed E-state index contributed by atoms with van der Waals surface area (Å²) < 4.78 is 4.94. The average Bonchev–Trinajstić information content (AvgIpc) is 2.56. The zero-order valence-corrected chi connectivity index (χ0v) is 14.2. The maximum Gasteiger partial charge on any atom is 0.253 e. The zero-order valence-electron chi connectivity index (χ0n) is 14.2. The van der Waals surface area contributed by atoms with Gasteiger partial charge < -0.3 is 20.3 Å². The monoisotopic (exact) mass is 321 g/mol. The molecule has 0 aliphatic rings. The van der Waals surface area contributed by atoms with Crippen molar-refractivity contribution < 1.29 is 14.3 Å². The van der Waals surface area contributed by atoms with Crippen LogP contribution >= 0.6 is 0 Å². The lowest BCUT2D eigenvalue weighted by molar-refractivity contribution is -0.115. The molecule has 6 heteroatoms. The predicted octanol–water partition coefficient (Wildman–Crippen LogP) is 1.73. The first kappa shape index (κ1) is 19.1. The fourth-order valence-corrected chi connectivity index (χ4v) is 2.17. The minimum Gasteiger partial charge on any atom is -0.385 e. The van der Waals surface area contributed by atoms with Crippen molar-refractivity contribution in [2.45, 2.75) is 20.3 Å². The van der Waals surface area contributed by atoms with Crippen molar-refractivity contribution in [3.8, 4) is 0 Å². The molecule has 6 nitrogen and oxygen atoms in total. The maximum absolute atomic E-state index is 12.3. The van der Waals surface area contributed by atoms with Gasteiger partial charge in [-0.25, -0.2) is 0 Å². The molecular weight excluding hydrogens is 294 g/mol. The van der Waals surface area contributed by atoms with E-state index in [0.717, 1.165) is 13.0 Å². The van der Waals surface area contributed by atoms with E-state index in [1.165, 1.54) is 0 Å². The number of amides is 2. The molecule has 128 valence electrons. The summed E-state index contributed by atoms with van der Waals surface area (Å²) >= 11 is 0. The van der Waals surface area contributed by atoms with Crippen molar-refractivity contribution >= 4 is 17.5 Å². The number of nitrogens with one attached hydrogen (secondary N) is 2. The number of ether oxygens (including phenoxy) is 1. The highest BCUT2D eigenvalue weighted by Gasteiger charge is 2.13. The molecule has 0 saturated heterocycles. The van der Waals surface area contributed by atoms with Gasteiger partial charge in [-0.05, 0) is 45.0 Å². The molecule has 0 aliphatic carbocycles. The van der Waals surface area contributed by atoms with E-state index in [0.29, 0.717) is 30.9 Å². The third-order valence-corrected chi connectivity index (χ3v) is 3.43. The Morgan fingerprint density at radius 3 is 2.61 bits per heavy atom. The molecule has 0 bridgehead atoms. The van der Waals surface area contributed by atoms with Gasteiger partial charge in [-0.2, -0.15) is 0 Å². The second-order valence-corrected chi connectivity index (χ2v) is 5.13. The second-order valence-electron chi connectivity index (χ2n) is 5.13. The number of methoxy groups -OCH3 is 1. The number of hydrogen-bond donors (Lipinski definition) is 2. The van der Waals surface area contributed by atoms with Crippen molar-refractivity contribution in [1.29, 1.82) is 0 Å². The molecular formula is C17H27N3O3. The molecule has 23 heavy (non-hydrogen) atoms. The van der Waals surface area contributed by atoms with Crippen LogP contribution in [0.5, 0.6) is 0 Å². The van der Waals surface area contributed by atoms with Crippen molar-refractivity contribution in [3.63, 3.8) is 0 Å². The van der Waals surface area contributed by atoms with E-state index in [9.17, 15) is 9.59 Å². The van der Waals surface area contributed by atoms with E-state index < -0.39 is 0 Å². The molecule has 0 heterocycles. The lowest BCUT2D eigenvalue weighted by Crippen LogP contribution is -2.31. The van der Waals surface area contributed by atoms with Gasteiger partial charge in [0.25, 0.3) is 5.91 Å². The van der Waals surface area contributed by atoms with Crippen molar-refractivity contribution in [1.82, 2.24) is 10.2 Å². The lowest BCUT2D eigenvalue weighted by atomic mass is 10.1. The molecule has 0 aromatic heterocycles. The van der Waals surface area contributed by atoms with Gasteiger partial charge in [0.05, 0.1) is 6.54 Å². The molecule has 1 aromatic rings. The van der Waals surface area contributed by atoms with E-state index in [1.54, 1.807) is 36.3 Å². The summed E-state index contributed by atoms with van der Waals surface area (Å²) in [7, 11) is 1.65. The van der Waals surface area contributed by atoms with E-state index >= 15 is 0 Å². The number of nitrogens with zero attached hydrogens (tertiary/aromatic N) is 1. The minimum atomic E-state index is -0.130. The number of benzene rings is 1. The van der Waals surface area contributed by atoms with E-state index in [1.807, 2.05) is 13.8 Å². The first-order valence-corrected chi connectivity index (χ1v) is 8.01. The highest BCUT2D eigenvalue weighted by atomic mass is 16.5. The SMILES string of the molecule is CCN(CC)C(=O)c1cccc(NC(=O)CNCCCOC)c1. The number of hydrogen-bond acceptors (Lipinski definition) is 4. The summed E-state index contributed by atoms with van der Waals surface area (Å²) in [6, 6.07) is 7.03. The summed E-state index contributed by atoms with van der Waals surface area (Å²) in [5.74, 6) is -0.154. The molecule has 0 saturated carbocycles. The van der Waals surface area contributed by atoms with Crippen LogP contribution in [0.3, 0.4) is 0 Å². The predicted molar refractivity (Wildman–Crippen MR) is 91.7 cm³/mol. The smallest absolute Gasteiger partial charge is 0.253 e. The van der Waals surface area contributed by atoms with E-state index in [4.69, 9.17) is 4.74 Å². The van der Waals surface area contributed by atoms with Gasteiger partial charge in [0, 0.05) is 38.1 Å². The molecule has 1 rings (SSSR count). The van der Waals surface area contributed by atoms with Gasteiger partial charge in [0.2, 0.25) is 5.91 Å². The van der Waals surface area contributed by atoms with Crippen LogP contribution in [-0.2, 0) is 9.53 Å². The Kier molecular flexibility index (Phi) is 8.94. The van der Waals surface area contributed by atoms with Gasteiger partial charge in [-0.15, -0.1) is 0 Å². The summed E-state index contributed by atoms with van der Waals surface area (Å²) in [6.45, 7) is 6.85. The van der Waals surface area contributed by atoms with Crippen molar-refractivity contribution in [3.05, 3.63) is 29.8 Å². The first-order valence-electron chi connectivity index (χ1n) is 8.01. The summed E-state index contributed by atoms with van der Waals surface area (Å²) in [5.41, 5.74) is 1.21. The van der Waals surface area contributed by atoms with Gasteiger partial charge in [-0.3, -0.25) is 9.59 Å². The van der Waals surface area contributed by atoms with Crippen LogP contribution in [0.25, 0.3) is 0 Å². The molecule has 1 aromatic carbocycles. The fraction of sp³-hybridized carbons (Fsp3) is 0.529. The second kappa shape index (κ2) is 10.7. The molecule has 0 spiro atoms. The fourth-order valence-electron chi connectivity index (χ4n) is 2.17. The van der Waals surface area contributed by atoms with Crippen LogP contribution in [-0.4, -0.2) is 56.6 Å². The molecule has 2 amide bonds. The standard InChI is InChI=1S/C17H27N3O3/c1-4-20(5-2)17(22)14-8-6-9-15(12-14)19-16(21)13-18-10-7-11-23-3/h6,8-9,12,18H,4-5,7,10-11,13H2,1-3H3,(H,19,21). The topological polar surface area (TPSA) is 70.7 Å². The lowest BCUT2D eigenvalue weighted by Gasteiger charge is -2.19. The Labute approximate surface area is 138 Å². The molecule has 2 N–H and O–H groups in total. The van der Waals surface area contributed by atoms with Gasteiger partial charge in [-0.1, -0.05) is 6.07 Å². The number of carbonyl (C=O) groups is 2. The summed E-state index contributed by atoms with van der Waals surface area (Å²) in [5, 5.41) is 5.85. The Morgan fingerprint density at radius 2 is 1.96 bits per heavy atom. The molecule has 0 fully saturated rings. The number of carbonyl (C=O) groups excluding carboxylic acids is 2. The maximum atomic E-state index is 12.3. The summed E-state index contributed by atoms with van der Waals surface area (Å²) in [4.78, 5) is 25.9. The molecule has 0 atom stereocenters. The zero-order chi connectivity index (χ0) is 17.1. The van der Waals surface area contributed by atoms with Crippen LogP contribution in [0.2, 0.25) is 0 Å². The van der Waals surface area contributed by atoms with E-state index in [2.05, 4.69) is 10.6 Å². The molecule has 0 unspecified atom stereocenters. The third kappa shape index (κ3) is 6.80. The third-order valence-electron chi connectivity index (χ3n) is 3.43. The van der Waals surface area contributed by atoms with Crippen LogP contribution in [0.4, 0.5) is 5.69 Å². The van der Waals surface area contributed by atoms with Gasteiger partial charge >= 0.3 is 0 Å². The molecule has 0 radical (unpaired) electrons. The largest absolute Gasteiger partial charge is 0.385 e. The highest BCUT2D eigenvalue weighted by molar-refractivity contribution is 5.97.